The molecule has 0 aliphatic rings. The Morgan fingerprint density at radius 1 is 1.47 bits per heavy atom. The Morgan fingerprint density at radius 3 is 2.73 bits per heavy atom. The van der Waals surface area contributed by atoms with Crippen LogP contribution in [0.15, 0.2) is 18.2 Å². The predicted octanol–water partition coefficient (Wildman–Crippen LogP) is 2.18. The van der Waals surface area contributed by atoms with Crippen molar-refractivity contribution in [1.29, 1.82) is 0 Å². The molecule has 1 aromatic rings. The minimum Gasteiger partial charge on any atom is -0.460 e. The molecule has 80 valence electrons. The van der Waals surface area contributed by atoms with Gasteiger partial charge in [-0.15, -0.1) is 0 Å². The Morgan fingerprint density at radius 2 is 2.13 bits per heavy atom. The van der Waals surface area contributed by atoms with Crippen LogP contribution in [0.4, 0.5) is 4.39 Å². The maximum absolute atomic E-state index is 13.4. The van der Waals surface area contributed by atoms with Crippen molar-refractivity contribution >= 4 is 34.3 Å². The van der Waals surface area contributed by atoms with E-state index in [4.69, 9.17) is 0 Å². The fourth-order valence-corrected chi connectivity index (χ4v) is 1.48. The zero-order valence-electron chi connectivity index (χ0n) is 7.92. The highest BCUT2D eigenvalue weighted by Crippen LogP contribution is 2.15. The molecule has 0 bridgehead atoms. The number of rotatable bonds is 3. The van der Waals surface area contributed by atoms with Crippen LogP contribution in [0.2, 0.25) is 0 Å². The summed E-state index contributed by atoms with van der Waals surface area (Å²) in [5, 5.41) is 0. The number of carbonyl (C=O) groups excluding carboxylic acids is 2. The van der Waals surface area contributed by atoms with Gasteiger partial charge in [-0.1, -0.05) is 6.07 Å². The van der Waals surface area contributed by atoms with Gasteiger partial charge in [-0.25, -0.2) is 9.18 Å². The Balaban J connectivity index is 3.01. The van der Waals surface area contributed by atoms with Crippen LogP contribution in [0.25, 0.3) is 0 Å². The van der Waals surface area contributed by atoms with Gasteiger partial charge < -0.3 is 4.74 Å². The average molecular weight is 322 g/mol. The quantitative estimate of drug-likeness (QED) is 0.371. The second-order valence-corrected chi connectivity index (χ2v) is 3.81. The van der Waals surface area contributed by atoms with Crippen molar-refractivity contribution in [2.75, 3.05) is 6.61 Å². The molecule has 0 spiro atoms. The summed E-state index contributed by atoms with van der Waals surface area (Å²) < 4.78 is 18.2. The van der Waals surface area contributed by atoms with Gasteiger partial charge >= 0.3 is 5.97 Å². The monoisotopic (exact) mass is 322 g/mol. The summed E-state index contributed by atoms with van der Waals surface area (Å²) in [5.74, 6) is -2.66. The first kappa shape index (κ1) is 12.1. The SMILES string of the molecule is CCOC(=O)C(=O)c1cccc(I)c1F. The molecule has 0 saturated carbocycles. The Bertz CT molecular complexity index is 404. The van der Waals surface area contributed by atoms with Crippen LogP contribution in [0.1, 0.15) is 17.3 Å². The molecule has 15 heavy (non-hydrogen) atoms. The van der Waals surface area contributed by atoms with Crippen LogP contribution in [0.3, 0.4) is 0 Å². The van der Waals surface area contributed by atoms with Gasteiger partial charge in [-0.05, 0) is 41.6 Å². The first-order chi connectivity index (χ1) is 7.07. The minimum atomic E-state index is -1.03. The molecular weight excluding hydrogens is 314 g/mol. The molecule has 0 aliphatic heterocycles. The maximum Gasteiger partial charge on any atom is 0.379 e. The van der Waals surface area contributed by atoms with Crippen LogP contribution in [-0.2, 0) is 9.53 Å². The lowest BCUT2D eigenvalue weighted by Crippen LogP contribution is -2.19. The second-order valence-electron chi connectivity index (χ2n) is 2.65. The maximum atomic E-state index is 13.4. The molecule has 5 heteroatoms. The van der Waals surface area contributed by atoms with Crippen LogP contribution < -0.4 is 0 Å². The largest absolute Gasteiger partial charge is 0.460 e. The van der Waals surface area contributed by atoms with E-state index in [0.29, 0.717) is 3.57 Å². The number of Topliss-reactive ketones (excluding diaryl/α,β-unsaturated/α-hetero) is 1. The van der Waals surface area contributed by atoms with E-state index in [9.17, 15) is 14.0 Å². The smallest absolute Gasteiger partial charge is 0.379 e. The number of hydrogen-bond donors (Lipinski definition) is 0. The first-order valence-corrected chi connectivity index (χ1v) is 5.31. The normalized spacial score (nSPS) is 9.80. The van der Waals surface area contributed by atoms with Crippen LogP contribution in [0.5, 0.6) is 0 Å². The summed E-state index contributed by atoms with van der Waals surface area (Å²) in [6.45, 7) is 1.67. The van der Waals surface area contributed by atoms with E-state index in [1.165, 1.54) is 18.2 Å². The van der Waals surface area contributed by atoms with Crippen molar-refractivity contribution in [2.24, 2.45) is 0 Å². The van der Waals surface area contributed by atoms with Gasteiger partial charge in [0, 0.05) is 3.57 Å². The zero-order valence-corrected chi connectivity index (χ0v) is 10.1. The van der Waals surface area contributed by atoms with Crippen LogP contribution in [-0.4, -0.2) is 18.4 Å². The standard InChI is InChI=1S/C10H8FIO3/c1-2-15-10(14)9(13)6-4-3-5-7(12)8(6)11/h3-5H,2H2,1H3. The number of hydrogen-bond acceptors (Lipinski definition) is 3. The van der Waals surface area contributed by atoms with Crippen molar-refractivity contribution in [3.8, 4) is 0 Å². The molecule has 3 nitrogen and oxygen atoms in total. The molecule has 0 amide bonds. The first-order valence-electron chi connectivity index (χ1n) is 4.23. The van der Waals surface area contributed by atoms with Crippen molar-refractivity contribution in [2.45, 2.75) is 6.92 Å². The highest BCUT2D eigenvalue weighted by molar-refractivity contribution is 14.1. The van der Waals surface area contributed by atoms with Gasteiger partial charge in [0.25, 0.3) is 5.78 Å². The highest BCUT2D eigenvalue weighted by atomic mass is 127. The van der Waals surface area contributed by atoms with E-state index >= 15 is 0 Å². The number of carbonyl (C=O) groups is 2. The summed E-state index contributed by atoms with van der Waals surface area (Å²) in [7, 11) is 0. The van der Waals surface area contributed by atoms with E-state index in [2.05, 4.69) is 4.74 Å². The lowest BCUT2D eigenvalue weighted by molar-refractivity contribution is -0.137. The van der Waals surface area contributed by atoms with Gasteiger partial charge in [-0.3, -0.25) is 4.79 Å². The summed E-state index contributed by atoms with van der Waals surface area (Å²) in [6.07, 6.45) is 0. The molecule has 1 aromatic carbocycles. The minimum absolute atomic E-state index is 0.0934. The Labute approximate surface area is 99.8 Å². The number of ether oxygens (including phenoxy) is 1. The summed E-state index contributed by atoms with van der Waals surface area (Å²) >= 11 is 1.75. The molecule has 0 N–H and O–H groups in total. The van der Waals surface area contributed by atoms with E-state index in [1.807, 2.05) is 0 Å². The molecule has 0 heterocycles. The molecule has 1 rings (SSSR count). The number of esters is 1. The fourth-order valence-electron chi connectivity index (χ4n) is 0.986. The molecule has 0 fully saturated rings. The third kappa shape index (κ3) is 2.74. The summed E-state index contributed by atoms with van der Waals surface area (Å²) in [6, 6.07) is 4.28. The van der Waals surface area contributed by atoms with E-state index in [0.717, 1.165) is 0 Å². The molecule has 0 aromatic heterocycles. The van der Waals surface area contributed by atoms with Crippen LogP contribution >= 0.6 is 22.6 Å². The van der Waals surface area contributed by atoms with Gasteiger partial charge in [0.2, 0.25) is 0 Å². The lowest BCUT2D eigenvalue weighted by atomic mass is 10.1. The Kier molecular flexibility index (Phi) is 4.19. The number of ketones is 1. The van der Waals surface area contributed by atoms with Crippen molar-refractivity contribution in [1.82, 2.24) is 0 Å². The van der Waals surface area contributed by atoms with E-state index in [-0.39, 0.29) is 12.2 Å². The third-order valence-electron chi connectivity index (χ3n) is 1.66. The van der Waals surface area contributed by atoms with E-state index < -0.39 is 17.6 Å². The predicted molar refractivity (Wildman–Crippen MR) is 60.1 cm³/mol. The molecule has 0 unspecified atom stereocenters. The van der Waals surface area contributed by atoms with Crippen LogP contribution in [0, 0.1) is 9.39 Å². The van der Waals surface area contributed by atoms with Gasteiger partial charge in [-0.2, -0.15) is 0 Å². The second kappa shape index (κ2) is 5.20. The molecule has 0 saturated heterocycles. The van der Waals surface area contributed by atoms with Gasteiger partial charge in [0.05, 0.1) is 12.2 Å². The molecule has 0 aliphatic carbocycles. The Hall–Kier alpha value is -0.980. The van der Waals surface area contributed by atoms with Gasteiger partial charge in [0.15, 0.2) is 0 Å². The molecular formula is C10H8FIO3. The number of halogens is 2. The third-order valence-corrected chi connectivity index (χ3v) is 2.49. The topological polar surface area (TPSA) is 43.4 Å². The highest BCUT2D eigenvalue weighted by Gasteiger charge is 2.21. The van der Waals surface area contributed by atoms with E-state index in [1.54, 1.807) is 29.5 Å². The summed E-state index contributed by atoms with van der Waals surface area (Å²) in [4.78, 5) is 22.5. The van der Waals surface area contributed by atoms with Gasteiger partial charge in [0.1, 0.15) is 5.82 Å². The molecule has 0 atom stereocenters. The number of benzene rings is 1. The zero-order chi connectivity index (χ0) is 11.4. The average Bonchev–Trinajstić information content (AvgIpc) is 2.21. The molecule has 0 radical (unpaired) electrons. The van der Waals surface area contributed by atoms with Crippen molar-refractivity contribution < 1.29 is 18.7 Å². The summed E-state index contributed by atoms with van der Waals surface area (Å²) in [5.41, 5.74) is -0.250. The van der Waals surface area contributed by atoms with Crippen molar-refractivity contribution in [3.05, 3.63) is 33.1 Å². The lowest BCUT2D eigenvalue weighted by Gasteiger charge is -2.03. The fraction of sp³-hybridized carbons (Fsp3) is 0.200. The van der Waals surface area contributed by atoms with Crippen molar-refractivity contribution in [3.63, 3.8) is 0 Å².